The first-order valence-electron chi connectivity index (χ1n) is 9.41. The Morgan fingerprint density at radius 3 is 2.38 bits per heavy atom. The van der Waals surface area contributed by atoms with Gasteiger partial charge in [0.1, 0.15) is 5.01 Å². The Hall–Kier alpha value is -3.85. The maximum atomic E-state index is 12.6. The number of rotatable bonds is 5. The van der Waals surface area contributed by atoms with Gasteiger partial charge in [-0.05, 0) is 24.3 Å². The van der Waals surface area contributed by atoms with Gasteiger partial charge in [-0.3, -0.25) is 0 Å². The normalized spacial score (nSPS) is 11.1. The van der Waals surface area contributed by atoms with Crippen molar-refractivity contribution in [3.05, 3.63) is 84.2 Å². The number of alkyl halides is 3. The lowest BCUT2D eigenvalue weighted by atomic mass is 10.1. The fourth-order valence-corrected chi connectivity index (χ4v) is 3.78. The number of amides is 2. The predicted octanol–water partition coefficient (Wildman–Crippen LogP) is 7.02. The monoisotopic (exact) mass is 455 g/mol. The molecule has 0 aliphatic carbocycles. The van der Waals surface area contributed by atoms with E-state index in [1.807, 2.05) is 41.8 Å². The smallest absolute Gasteiger partial charge is 0.404 e. The first-order valence-corrected chi connectivity index (χ1v) is 10.3. The van der Waals surface area contributed by atoms with E-state index in [9.17, 15) is 18.0 Å². The summed E-state index contributed by atoms with van der Waals surface area (Å²) < 4.78 is 41.6. The molecule has 5 nitrogen and oxygen atoms in total. The molecule has 0 aliphatic rings. The first kappa shape index (κ1) is 21.4. The van der Waals surface area contributed by atoms with Gasteiger partial charge in [0, 0.05) is 22.2 Å². The number of hydrogen-bond acceptors (Lipinski definition) is 4. The highest BCUT2D eigenvalue weighted by Gasteiger charge is 2.32. The number of para-hydroxylation sites is 2. The van der Waals surface area contributed by atoms with Crippen molar-refractivity contribution in [3.8, 4) is 27.6 Å². The number of carbonyl (C=O) groups excluding carboxylic acids is 1. The molecule has 0 saturated carbocycles. The zero-order valence-corrected chi connectivity index (χ0v) is 17.2. The highest BCUT2D eigenvalue weighted by molar-refractivity contribution is 7.13. The van der Waals surface area contributed by atoms with Crippen LogP contribution in [0, 0.1) is 0 Å². The molecule has 3 aromatic carbocycles. The van der Waals surface area contributed by atoms with Crippen LogP contribution in [-0.4, -0.2) is 17.4 Å². The van der Waals surface area contributed by atoms with Crippen LogP contribution in [0.1, 0.15) is 0 Å². The Bertz CT molecular complexity index is 1230. The molecular formula is C23H16F3N3O2S. The van der Waals surface area contributed by atoms with Crippen LogP contribution in [-0.2, 0) is 0 Å². The molecular weight excluding hydrogens is 439 g/mol. The molecule has 2 N–H and O–H groups in total. The topological polar surface area (TPSA) is 63.2 Å². The summed E-state index contributed by atoms with van der Waals surface area (Å²) in [7, 11) is 0. The van der Waals surface area contributed by atoms with E-state index in [1.54, 1.807) is 18.2 Å². The molecule has 32 heavy (non-hydrogen) atoms. The van der Waals surface area contributed by atoms with Crippen LogP contribution < -0.4 is 15.4 Å². The van der Waals surface area contributed by atoms with E-state index in [0.29, 0.717) is 5.69 Å². The molecule has 0 radical (unpaired) electrons. The second-order valence-corrected chi connectivity index (χ2v) is 7.47. The lowest BCUT2D eigenvalue weighted by molar-refractivity contribution is -0.274. The van der Waals surface area contributed by atoms with Gasteiger partial charge in [0.25, 0.3) is 0 Å². The third kappa shape index (κ3) is 5.44. The van der Waals surface area contributed by atoms with Crippen LogP contribution in [0.4, 0.5) is 29.3 Å². The number of carbonyl (C=O) groups is 1. The standard InChI is InChI=1S/C23H16F3N3O2S/c24-23(25,26)31-20-12-5-4-11-18(20)29-22(30)27-17-10-6-9-16(13-17)19-14-32-21(28-19)15-7-2-1-3-8-15/h1-14H,(H2,27,29,30). The molecule has 1 aromatic heterocycles. The Kier molecular flexibility index (Phi) is 6.09. The van der Waals surface area contributed by atoms with Crippen molar-refractivity contribution in [3.63, 3.8) is 0 Å². The number of ether oxygens (including phenoxy) is 1. The van der Waals surface area contributed by atoms with Crippen LogP contribution in [0.5, 0.6) is 5.75 Å². The minimum absolute atomic E-state index is 0.106. The van der Waals surface area contributed by atoms with Gasteiger partial charge in [-0.25, -0.2) is 9.78 Å². The number of nitrogens with one attached hydrogen (secondary N) is 2. The van der Waals surface area contributed by atoms with Crippen molar-refractivity contribution in [2.45, 2.75) is 6.36 Å². The molecule has 0 bridgehead atoms. The minimum atomic E-state index is -4.87. The van der Waals surface area contributed by atoms with Crippen molar-refractivity contribution in [2.24, 2.45) is 0 Å². The minimum Gasteiger partial charge on any atom is -0.404 e. The Balaban J connectivity index is 1.47. The second kappa shape index (κ2) is 9.11. The molecule has 1 heterocycles. The molecule has 0 atom stereocenters. The van der Waals surface area contributed by atoms with Crippen molar-refractivity contribution >= 4 is 28.7 Å². The van der Waals surface area contributed by atoms with Crippen LogP contribution >= 0.6 is 11.3 Å². The summed E-state index contributed by atoms with van der Waals surface area (Å²) in [5, 5.41) is 7.79. The van der Waals surface area contributed by atoms with Gasteiger partial charge >= 0.3 is 12.4 Å². The van der Waals surface area contributed by atoms with Crippen molar-refractivity contribution in [1.29, 1.82) is 0 Å². The summed E-state index contributed by atoms with van der Waals surface area (Å²) >= 11 is 1.51. The molecule has 0 unspecified atom stereocenters. The molecule has 0 spiro atoms. The molecule has 4 rings (SSSR count). The number of benzene rings is 3. The lowest BCUT2D eigenvalue weighted by Crippen LogP contribution is -2.22. The molecule has 9 heteroatoms. The molecule has 0 aliphatic heterocycles. The number of aromatic nitrogens is 1. The quantitative estimate of drug-likeness (QED) is 0.340. The van der Waals surface area contributed by atoms with Gasteiger partial charge < -0.3 is 15.4 Å². The zero-order valence-electron chi connectivity index (χ0n) is 16.4. The zero-order chi connectivity index (χ0) is 22.6. The summed E-state index contributed by atoms with van der Waals surface area (Å²) in [5.41, 5.74) is 2.91. The largest absolute Gasteiger partial charge is 0.573 e. The Morgan fingerprint density at radius 2 is 1.59 bits per heavy atom. The van der Waals surface area contributed by atoms with Gasteiger partial charge in [0.15, 0.2) is 5.75 Å². The van der Waals surface area contributed by atoms with E-state index >= 15 is 0 Å². The van der Waals surface area contributed by atoms with Gasteiger partial charge in [-0.15, -0.1) is 24.5 Å². The van der Waals surface area contributed by atoms with Crippen molar-refractivity contribution in [2.75, 3.05) is 10.6 Å². The van der Waals surface area contributed by atoms with E-state index < -0.39 is 18.1 Å². The average molecular weight is 455 g/mol. The highest BCUT2D eigenvalue weighted by atomic mass is 32.1. The molecule has 0 fully saturated rings. The Labute approximate surface area is 185 Å². The van der Waals surface area contributed by atoms with Crippen LogP contribution in [0.25, 0.3) is 21.8 Å². The van der Waals surface area contributed by atoms with Crippen LogP contribution in [0.15, 0.2) is 84.2 Å². The fourth-order valence-electron chi connectivity index (χ4n) is 2.94. The molecule has 162 valence electrons. The van der Waals surface area contributed by atoms with Gasteiger partial charge in [-0.2, -0.15) is 0 Å². The average Bonchev–Trinajstić information content (AvgIpc) is 3.25. The lowest BCUT2D eigenvalue weighted by Gasteiger charge is -2.14. The van der Waals surface area contributed by atoms with Gasteiger partial charge in [-0.1, -0.05) is 54.6 Å². The number of hydrogen-bond donors (Lipinski definition) is 2. The van der Waals surface area contributed by atoms with Gasteiger partial charge in [0.05, 0.1) is 11.4 Å². The van der Waals surface area contributed by atoms with E-state index in [2.05, 4.69) is 20.4 Å². The summed E-state index contributed by atoms with van der Waals surface area (Å²) in [5.74, 6) is -0.500. The van der Waals surface area contributed by atoms with Crippen LogP contribution in [0.3, 0.4) is 0 Å². The fraction of sp³-hybridized carbons (Fsp3) is 0.0435. The van der Waals surface area contributed by atoms with Gasteiger partial charge in [0.2, 0.25) is 0 Å². The third-order valence-corrected chi connectivity index (χ3v) is 5.19. The summed E-state index contributed by atoms with van der Waals surface area (Å²) in [4.78, 5) is 17.0. The summed E-state index contributed by atoms with van der Waals surface area (Å²) in [6, 6.07) is 21.4. The molecule has 0 saturated heterocycles. The predicted molar refractivity (Wildman–Crippen MR) is 119 cm³/mol. The summed E-state index contributed by atoms with van der Waals surface area (Å²) in [6.07, 6.45) is -4.87. The number of urea groups is 1. The van der Waals surface area contributed by atoms with Crippen molar-refractivity contribution < 1.29 is 22.7 Å². The van der Waals surface area contributed by atoms with E-state index in [4.69, 9.17) is 0 Å². The molecule has 4 aromatic rings. The van der Waals surface area contributed by atoms with E-state index in [-0.39, 0.29) is 5.69 Å². The van der Waals surface area contributed by atoms with E-state index in [0.717, 1.165) is 27.9 Å². The molecule has 2 amide bonds. The number of anilines is 2. The first-order chi connectivity index (χ1) is 15.4. The maximum absolute atomic E-state index is 12.6. The highest BCUT2D eigenvalue weighted by Crippen LogP contribution is 2.31. The number of halogens is 3. The number of nitrogens with zero attached hydrogens (tertiary/aromatic N) is 1. The second-order valence-electron chi connectivity index (χ2n) is 6.61. The van der Waals surface area contributed by atoms with E-state index in [1.165, 1.54) is 29.5 Å². The summed E-state index contributed by atoms with van der Waals surface area (Å²) in [6.45, 7) is 0. The SMILES string of the molecule is O=C(Nc1cccc(-c2csc(-c3ccccc3)n2)c1)Nc1ccccc1OC(F)(F)F. The maximum Gasteiger partial charge on any atom is 0.573 e. The number of thiazole rings is 1. The Morgan fingerprint density at radius 1 is 0.875 bits per heavy atom. The van der Waals surface area contributed by atoms with Crippen molar-refractivity contribution in [1.82, 2.24) is 4.98 Å². The van der Waals surface area contributed by atoms with Crippen LogP contribution in [0.2, 0.25) is 0 Å². The third-order valence-electron chi connectivity index (χ3n) is 4.30.